The van der Waals surface area contributed by atoms with Gasteiger partial charge in [0.25, 0.3) is 0 Å². The molecule has 0 saturated carbocycles. The van der Waals surface area contributed by atoms with Gasteiger partial charge in [0.2, 0.25) is 5.91 Å². The van der Waals surface area contributed by atoms with Crippen LogP contribution in [0.3, 0.4) is 0 Å². The quantitative estimate of drug-likeness (QED) is 0.275. The van der Waals surface area contributed by atoms with Gasteiger partial charge in [0.1, 0.15) is 10.8 Å². The predicted molar refractivity (Wildman–Crippen MR) is 129 cm³/mol. The molecule has 0 spiro atoms. The molecule has 4 rings (SSSR count). The highest BCUT2D eigenvalue weighted by Crippen LogP contribution is 2.32. The predicted octanol–water partition coefficient (Wildman–Crippen LogP) is 5.18. The van der Waals surface area contributed by atoms with Crippen LogP contribution in [0.5, 0.6) is 5.75 Å². The van der Waals surface area contributed by atoms with E-state index in [2.05, 4.69) is 23.3 Å². The largest absolute Gasteiger partial charge is 0.493 e. The highest BCUT2D eigenvalue weighted by Gasteiger charge is 2.14. The van der Waals surface area contributed by atoms with Crippen LogP contribution >= 0.6 is 11.8 Å². The summed E-state index contributed by atoms with van der Waals surface area (Å²) in [7, 11) is 0. The summed E-state index contributed by atoms with van der Waals surface area (Å²) in [6.45, 7) is 2.79. The standard InChI is InChI=1S/C25H23N5O2S/c1-2-3-13-32-23-10-5-4-9-20(23)21-15-22-25(27-11-12-30(22)29-21)33-17-24(31)28-19-8-6-7-18(14-19)16-26/h4-12,14-15H,2-3,13,17H2,1H3,(H,28,31). The molecule has 0 saturated heterocycles. The number of para-hydroxylation sites is 1. The van der Waals surface area contributed by atoms with E-state index in [1.165, 1.54) is 11.8 Å². The van der Waals surface area contributed by atoms with Crippen LogP contribution in [0.1, 0.15) is 25.3 Å². The Labute approximate surface area is 196 Å². The van der Waals surface area contributed by atoms with E-state index in [-0.39, 0.29) is 11.7 Å². The van der Waals surface area contributed by atoms with Gasteiger partial charge >= 0.3 is 0 Å². The van der Waals surface area contributed by atoms with Crippen molar-refractivity contribution in [1.82, 2.24) is 14.6 Å². The Morgan fingerprint density at radius 2 is 2.09 bits per heavy atom. The maximum Gasteiger partial charge on any atom is 0.234 e. The molecular weight excluding hydrogens is 434 g/mol. The SMILES string of the molecule is CCCCOc1ccccc1-c1cc2c(SCC(=O)Nc3cccc(C#N)c3)nccn2n1. The lowest BCUT2D eigenvalue weighted by Crippen LogP contribution is -2.14. The van der Waals surface area contributed by atoms with Gasteiger partial charge in [0.15, 0.2) is 0 Å². The van der Waals surface area contributed by atoms with Crippen LogP contribution in [0.2, 0.25) is 0 Å². The maximum absolute atomic E-state index is 12.4. The average Bonchev–Trinajstić information content (AvgIpc) is 3.28. The number of amides is 1. The molecule has 0 aliphatic heterocycles. The summed E-state index contributed by atoms with van der Waals surface area (Å²) in [4.78, 5) is 16.9. The number of unbranched alkanes of at least 4 members (excludes halogenated alkanes) is 1. The van der Waals surface area contributed by atoms with Crippen LogP contribution in [0.15, 0.2) is 72.0 Å². The fourth-order valence-corrected chi connectivity index (χ4v) is 4.04. The van der Waals surface area contributed by atoms with E-state index in [0.717, 1.165) is 35.4 Å². The smallest absolute Gasteiger partial charge is 0.234 e. The molecule has 4 aromatic rings. The monoisotopic (exact) mass is 457 g/mol. The molecule has 0 aliphatic carbocycles. The van der Waals surface area contributed by atoms with Gasteiger partial charge in [0, 0.05) is 23.6 Å². The minimum Gasteiger partial charge on any atom is -0.493 e. The van der Waals surface area contributed by atoms with Gasteiger partial charge in [-0.2, -0.15) is 10.4 Å². The summed E-state index contributed by atoms with van der Waals surface area (Å²) in [5, 5.41) is 17.2. The van der Waals surface area contributed by atoms with Crippen molar-refractivity contribution >= 4 is 28.9 Å². The summed E-state index contributed by atoms with van der Waals surface area (Å²) < 4.78 is 7.73. The van der Waals surface area contributed by atoms with E-state index in [9.17, 15) is 4.79 Å². The Bertz CT molecular complexity index is 1310. The Morgan fingerprint density at radius 1 is 1.21 bits per heavy atom. The lowest BCUT2D eigenvalue weighted by atomic mass is 10.1. The van der Waals surface area contributed by atoms with Crippen molar-refractivity contribution in [2.45, 2.75) is 24.8 Å². The van der Waals surface area contributed by atoms with Crippen molar-refractivity contribution < 1.29 is 9.53 Å². The number of carbonyl (C=O) groups is 1. The van der Waals surface area contributed by atoms with Crippen molar-refractivity contribution in [2.24, 2.45) is 0 Å². The maximum atomic E-state index is 12.4. The first-order valence-electron chi connectivity index (χ1n) is 10.7. The summed E-state index contributed by atoms with van der Waals surface area (Å²) >= 11 is 1.34. The Morgan fingerprint density at radius 3 is 2.94 bits per heavy atom. The highest BCUT2D eigenvalue weighted by atomic mass is 32.2. The van der Waals surface area contributed by atoms with Gasteiger partial charge in [-0.3, -0.25) is 4.79 Å². The number of nitriles is 1. The van der Waals surface area contributed by atoms with E-state index in [0.29, 0.717) is 22.9 Å². The number of rotatable bonds is 9. The number of aromatic nitrogens is 3. The third-order valence-corrected chi connectivity index (χ3v) is 5.88. The number of fused-ring (bicyclic) bond motifs is 1. The lowest BCUT2D eigenvalue weighted by molar-refractivity contribution is -0.113. The van der Waals surface area contributed by atoms with E-state index in [1.807, 2.05) is 30.3 Å². The minimum atomic E-state index is -0.173. The summed E-state index contributed by atoms with van der Waals surface area (Å²) in [6.07, 6.45) is 5.52. The normalized spacial score (nSPS) is 10.7. The topological polar surface area (TPSA) is 92.3 Å². The second-order valence-electron chi connectivity index (χ2n) is 7.32. The van der Waals surface area contributed by atoms with Gasteiger partial charge in [-0.15, -0.1) is 0 Å². The summed E-state index contributed by atoms with van der Waals surface area (Å²) in [6, 6.07) is 18.7. The molecule has 166 valence electrons. The number of nitrogens with zero attached hydrogens (tertiary/aromatic N) is 4. The van der Waals surface area contributed by atoms with Crippen LogP contribution < -0.4 is 10.1 Å². The number of hydrogen-bond donors (Lipinski definition) is 1. The Hall–Kier alpha value is -3.83. The molecule has 2 aromatic heterocycles. The van der Waals surface area contributed by atoms with Crippen LogP contribution in [-0.4, -0.2) is 32.9 Å². The second kappa shape index (κ2) is 10.7. The zero-order chi connectivity index (χ0) is 23.0. The van der Waals surface area contributed by atoms with E-state index in [1.54, 1.807) is 41.2 Å². The lowest BCUT2D eigenvalue weighted by Gasteiger charge is -2.09. The van der Waals surface area contributed by atoms with Gasteiger partial charge in [0.05, 0.1) is 35.2 Å². The molecule has 1 N–H and O–H groups in total. The molecule has 33 heavy (non-hydrogen) atoms. The molecule has 1 amide bonds. The Kier molecular flexibility index (Phi) is 7.22. The molecule has 0 fully saturated rings. The van der Waals surface area contributed by atoms with Crippen molar-refractivity contribution in [3.8, 4) is 23.1 Å². The fourth-order valence-electron chi connectivity index (χ4n) is 3.27. The van der Waals surface area contributed by atoms with Crippen molar-refractivity contribution in [3.63, 3.8) is 0 Å². The molecule has 0 atom stereocenters. The van der Waals surface area contributed by atoms with Gasteiger partial charge < -0.3 is 10.1 Å². The van der Waals surface area contributed by atoms with Crippen LogP contribution in [0, 0.1) is 11.3 Å². The third-order valence-electron chi connectivity index (χ3n) is 4.89. The number of carbonyl (C=O) groups excluding carboxylic acids is 1. The second-order valence-corrected chi connectivity index (χ2v) is 8.28. The van der Waals surface area contributed by atoms with Crippen LogP contribution in [0.4, 0.5) is 5.69 Å². The Balaban J connectivity index is 1.50. The number of thioether (sulfide) groups is 1. The number of hydrogen-bond acceptors (Lipinski definition) is 6. The number of nitrogens with one attached hydrogen (secondary N) is 1. The van der Waals surface area contributed by atoms with Crippen molar-refractivity contribution in [1.29, 1.82) is 5.26 Å². The highest BCUT2D eigenvalue weighted by molar-refractivity contribution is 8.00. The van der Waals surface area contributed by atoms with Crippen LogP contribution in [0.25, 0.3) is 16.8 Å². The summed E-state index contributed by atoms with van der Waals surface area (Å²) in [5.41, 5.74) is 3.62. The molecule has 0 bridgehead atoms. The number of benzene rings is 2. The van der Waals surface area contributed by atoms with Crippen molar-refractivity contribution in [2.75, 3.05) is 17.7 Å². The first kappa shape index (κ1) is 22.4. The molecule has 0 aliphatic rings. The van der Waals surface area contributed by atoms with Crippen molar-refractivity contribution in [3.05, 3.63) is 72.6 Å². The third kappa shape index (κ3) is 5.51. The molecule has 7 nitrogen and oxygen atoms in total. The zero-order valence-electron chi connectivity index (χ0n) is 18.2. The van der Waals surface area contributed by atoms with E-state index < -0.39 is 0 Å². The fraction of sp³-hybridized carbons (Fsp3) is 0.200. The number of anilines is 1. The number of ether oxygens (including phenoxy) is 1. The molecule has 8 heteroatoms. The van der Waals surface area contributed by atoms with Gasteiger partial charge in [-0.05, 0) is 42.8 Å². The average molecular weight is 458 g/mol. The molecule has 2 heterocycles. The molecule has 0 unspecified atom stereocenters. The summed E-state index contributed by atoms with van der Waals surface area (Å²) in [5.74, 6) is 0.810. The van der Waals surface area contributed by atoms with Gasteiger partial charge in [-0.25, -0.2) is 9.50 Å². The zero-order valence-corrected chi connectivity index (χ0v) is 19.0. The van der Waals surface area contributed by atoms with Crippen LogP contribution in [-0.2, 0) is 4.79 Å². The first-order chi connectivity index (χ1) is 16.2. The minimum absolute atomic E-state index is 0.173. The first-order valence-corrected chi connectivity index (χ1v) is 11.7. The molecule has 0 radical (unpaired) electrons. The van der Waals surface area contributed by atoms with E-state index >= 15 is 0 Å². The van der Waals surface area contributed by atoms with Gasteiger partial charge in [-0.1, -0.05) is 43.3 Å². The van der Waals surface area contributed by atoms with E-state index in [4.69, 9.17) is 15.1 Å². The molecule has 2 aromatic carbocycles. The molecular formula is C25H23N5O2S.